The van der Waals surface area contributed by atoms with Gasteiger partial charge in [-0.15, -0.1) is 0 Å². The second kappa shape index (κ2) is 8.25. The maximum atomic E-state index is 11.9. The number of nitrogens with one attached hydrogen (secondary N) is 1. The summed E-state index contributed by atoms with van der Waals surface area (Å²) in [4.78, 5) is 23.4. The third kappa shape index (κ3) is 5.42. The Bertz CT molecular complexity index is 503. The molecule has 0 fully saturated rings. The van der Waals surface area contributed by atoms with Crippen LogP contribution in [-0.4, -0.2) is 25.0 Å². The highest BCUT2D eigenvalue weighted by molar-refractivity contribution is 5.94. The summed E-state index contributed by atoms with van der Waals surface area (Å²) in [6, 6.07) is 7.35. The predicted molar refractivity (Wildman–Crippen MR) is 83.6 cm³/mol. The Morgan fingerprint density at radius 1 is 1.24 bits per heavy atom. The van der Waals surface area contributed by atoms with Gasteiger partial charge in [-0.05, 0) is 29.5 Å². The monoisotopic (exact) mass is 289 g/mol. The first-order chi connectivity index (χ1) is 9.97. The standard InChI is InChI=1S/C17H23NO3/c1-5-13-6-8-14(9-7-13)10-11-15(19)18-16(12(2)3)17(20)21-4/h6-12,16H,5H2,1-4H3,(H,18,19)/b11-10+. The van der Waals surface area contributed by atoms with Gasteiger partial charge in [-0.1, -0.05) is 45.0 Å². The van der Waals surface area contributed by atoms with Crippen molar-refractivity contribution in [1.82, 2.24) is 5.32 Å². The SMILES string of the molecule is CCc1ccc(/C=C/C(=O)NC(C(=O)OC)C(C)C)cc1. The van der Waals surface area contributed by atoms with Gasteiger partial charge < -0.3 is 10.1 Å². The lowest BCUT2D eigenvalue weighted by molar-refractivity contribution is -0.145. The van der Waals surface area contributed by atoms with Crippen LogP contribution in [0.1, 0.15) is 31.9 Å². The van der Waals surface area contributed by atoms with Crippen molar-refractivity contribution in [3.63, 3.8) is 0 Å². The van der Waals surface area contributed by atoms with E-state index in [-0.39, 0.29) is 11.8 Å². The highest BCUT2D eigenvalue weighted by Crippen LogP contribution is 2.07. The van der Waals surface area contributed by atoms with Crippen LogP contribution in [0.25, 0.3) is 6.08 Å². The van der Waals surface area contributed by atoms with E-state index in [0.717, 1.165) is 12.0 Å². The van der Waals surface area contributed by atoms with Gasteiger partial charge >= 0.3 is 5.97 Å². The maximum absolute atomic E-state index is 11.9. The first-order valence-corrected chi connectivity index (χ1v) is 7.13. The fourth-order valence-corrected chi connectivity index (χ4v) is 1.86. The van der Waals surface area contributed by atoms with E-state index >= 15 is 0 Å². The summed E-state index contributed by atoms with van der Waals surface area (Å²) in [5.41, 5.74) is 2.20. The molecule has 1 atom stereocenters. The molecule has 0 spiro atoms. The van der Waals surface area contributed by atoms with Gasteiger partial charge in [0.15, 0.2) is 0 Å². The van der Waals surface area contributed by atoms with Crippen LogP contribution in [-0.2, 0) is 20.7 Å². The van der Waals surface area contributed by atoms with Gasteiger partial charge in [0, 0.05) is 6.08 Å². The molecule has 4 nitrogen and oxygen atoms in total. The van der Waals surface area contributed by atoms with E-state index in [9.17, 15) is 9.59 Å². The zero-order valence-electron chi connectivity index (χ0n) is 13.1. The molecule has 0 aromatic heterocycles. The fraction of sp³-hybridized carbons (Fsp3) is 0.412. The van der Waals surface area contributed by atoms with Gasteiger partial charge in [-0.3, -0.25) is 4.79 Å². The van der Waals surface area contributed by atoms with Gasteiger partial charge in [0.25, 0.3) is 0 Å². The Morgan fingerprint density at radius 2 is 1.86 bits per heavy atom. The summed E-state index contributed by atoms with van der Waals surface area (Å²) in [6.07, 6.45) is 4.14. The van der Waals surface area contributed by atoms with Crippen molar-refractivity contribution in [3.05, 3.63) is 41.5 Å². The number of rotatable bonds is 6. The van der Waals surface area contributed by atoms with E-state index in [0.29, 0.717) is 0 Å². The number of methoxy groups -OCH3 is 1. The third-order valence-electron chi connectivity index (χ3n) is 3.23. The molecule has 1 aromatic rings. The number of amides is 1. The quantitative estimate of drug-likeness (QED) is 0.647. The van der Waals surface area contributed by atoms with Crippen LogP contribution in [0.3, 0.4) is 0 Å². The summed E-state index contributed by atoms with van der Waals surface area (Å²) in [6.45, 7) is 5.81. The molecule has 0 aliphatic rings. The summed E-state index contributed by atoms with van der Waals surface area (Å²) in [7, 11) is 1.31. The van der Waals surface area contributed by atoms with Crippen molar-refractivity contribution in [2.24, 2.45) is 5.92 Å². The van der Waals surface area contributed by atoms with Crippen LogP contribution in [0.4, 0.5) is 0 Å². The summed E-state index contributed by atoms with van der Waals surface area (Å²) in [5, 5.41) is 2.66. The molecular weight excluding hydrogens is 266 g/mol. The second-order valence-corrected chi connectivity index (χ2v) is 5.18. The number of hydrogen-bond donors (Lipinski definition) is 1. The average molecular weight is 289 g/mol. The molecule has 0 saturated heterocycles. The second-order valence-electron chi connectivity index (χ2n) is 5.18. The molecule has 0 bridgehead atoms. The lowest BCUT2D eigenvalue weighted by Gasteiger charge is -2.18. The number of carbonyl (C=O) groups excluding carboxylic acids is 2. The molecular formula is C17H23NO3. The van der Waals surface area contributed by atoms with Crippen LogP contribution in [0, 0.1) is 5.92 Å². The molecule has 1 aromatic carbocycles. The maximum Gasteiger partial charge on any atom is 0.328 e. The van der Waals surface area contributed by atoms with E-state index < -0.39 is 12.0 Å². The molecule has 21 heavy (non-hydrogen) atoms. The highest BCUT2D eigenvalue weighted by Gasteiger charge is 2.23. The van der Waals surface area contributed by atoms with Gasteiger partial charge in [0.1, 0.15) is 6.04 Å². The Kier molecular flexibility index (Phi) is 6.66. The predicted octanol–water partition coefficient (Wildman–Crippen LogP) is 2.58. The van der Waals surface area contributed by atoms with E-state index in [1.807, 2.05) is 38.1 Å². The molecule has 4 heteroatoms. The number of ether oxygens (including phenoxy) is 1. The minimum absolute atomic E-state index is 0.0290. The first kappa shape index (κ1) is 17.0. The van der Waals surface area contributed by atoms with Gasteiger partial charge in [0.2, 0.25) is 5.91 Å². The number of esters is 1. The van der Waals surface area contributed by atoms with E-state index in [4.69, 9.17) is 0 Å². The molecule has 0 heterocycles. The van der Waals surface area contributed by atoms with Crippen molar-refractivity contribution in [3.8, 4) is 0 Å². The Balaban J connectivity index is 2.66. The van der Waals surface area contributed by atoms with Crippen molar-refractivity contribution < 1.29 is 14.3 Å². The topological polar surface area (TPSA) is 55.4 Å². The fourth-order valence-electron chi connectivity index (χ4n) is 1.86. The molecule has 1 unspecified atom stereocenters. The number of benzene rings is 1. The third-order valence-corrected chi connectivity index (χ3v) is 3.23. The number of hydrogen-bond acceptors (Lipinski definition) is 3. The average Bonchev–Trinajstić information content (AvgIpc) is 2.50. The summed E-state index contributed by atoms with van der Waals surface area (Å²) in [5.74, 6) is -0.767. The minimum Gasteiger partial charge on any atom is -0.467 e. The Labute approximate surface area is 126 Å². The number of carbonyl (C=O) groups is 2. The smallest absolute Gasteiger partial charge is 0.328 e. The molecule has 1 amide bonds. The molecule has 1 N–H and O–H groups in total. The summed E-state index contributed by atoms with van der Waals surface area (Å²) < 4.78 is 4.69. The van der Waals surface area contributed by atoms with E-state index in [1.54, 1.807) is 6.08 Å². The molecule has 0 aliphatic heterocycles. The van der Waals surface area contributed by atoms with Crippen LogP contribution < -0.4 is 5.32 Å². The van der Waals surface area contributed by atoms with Crippen molar-refractivity contribution in [1.29, 1.82) is 0 Å². The lowest BCUT2D eigenvalue weighted by atomic mass is 10.0. The Hall–Kier alpha value is -2.10. The highest BCUT2D eigenvalue weighted by atomic mass is 16.5. The van der Waals surface area contributed by atoms with Crippen LogP contribution in [0.5, 0.6) is 0 Å². The normalized spacial score (nSPS) is 12.4. The summed E-state index contributed by atoms with van der Waals surface area (Å²) >= 11 is 0. The Morgan fingerprint density at radius 3 is 2.33 bits per heavy atom. The molecule has 1 rings (SSSR count). The minimum atomic E-state index is -0.630. The van der Waals surface area contributed by atoms with Crippen LogP contribution >= 0.6 is 0 Å². The van der Waals surface area contributed by atoms with Crippen molar-refractivity contribution in [2.75, 3.05) is 7.11 Å². The molecule has 0 radical (unpaired) electrons. The zero-order chi connectivity index (χ0) is 15.8. The molecule has 0 saturated carbocycles. The van der Waals surface area contributed by atoms with Gasteiger partial charge in [0.05, 0.1) is 7.11 Å². The largest absolute Gasteiger partial charge is 0.467 e. The van der Waals surface area contributed by atoms with Gasteiger partial charge in [-0.25, -0.2) is 4.79 Å². The lowest BCUT2D eigenvalue weighted by Crippen LogP contribution is -2.44. The van der Waals surface area contributed by atoms with Crippen LogP contribution in [0.2, 0.25) is 0 Å². The first-order valence-electron chi connectivity index (χ1n) is 7.13. The van der Waals surface area contributed by atoms with Gasteiger partial charge in [-0.2, -0.15) is 0 Å². The number of aryl methyl sites for hydroxylation is 1. The molecule has 0 aliphatic carbocycles. The van der Waals surface area contributed by atoms with Crippen molar-refractivity contribution in [2.45, 2.75) is 33.2 Å². The van der Waals surface area contributed by atoms with E-state index in [2.05, 4.69) is 17.0 Å². The molecule has 114 valence electrons. The zero-order valence-corrected chi connectivity index (χ0v) is 13.1. The van der Waals surface area contributed by atoms with Crippen molar-refractivity contribution >= 4 is 18.0 Å². The van der Waals surface area contributed by atoms with E-state index in [1.165, 1.54) is 18.7 Å². The van der Waals surface area contributed by atoms with Crippen LogP contribution in [0.15, 0.2) is 30.3 Å².